The van der Waals surface area contributed by atoms with Crippen LogP contribution in [0.2, 0.25) is 0 Å². The van der Waals surface area contributed by atoms with Gasteiger partial charge in [-0.2, -0.15) is 0 Å². The van der Waals surface area contributed by atoms with E-state index in [0.717, 1.165) is 12.8 Å². The highest BCUT2D eigenvalue weighted by atomic mass is 16.6. The van der Waals surface area contributed by atoms with Gasteiger partial charge in [-0.05, 0) is 44.4 Å². The minimum Gasteiger partial charge on any atom is -0.460 e. The second kappa shape index (κ2) is 5.17. The quantitative estimate of drug-likeness (QED) is 0.755. The van der Waals surface area contributed by atoms with Crippen LogP contribution in [0, 0.1) is 11.3 Å². The molecular weight excluding hydrogens is 204 g/mol. The number of esters is 1. The van der Waals surface area contributed by atoms with Gasteiger partial charge in [0.15, 0.2) is 0 Å². The molecule has 0 radical (unpaired) electrons. The van der Waals surface area contributed by atoms with Gasteiger partial charge in [0, 0.05) is 0 Å². The zero-order chi connectivity index (χ0) is 12.3. The van der Waals surface area contributed by atoms with Crippen molar-refractivity contribution in [2.45, 2.75) is 65.6 Å². The second-order valence-electron chi connectivity index (χ2n) is 5.84. The van der Waals surface area contributed by atoms with Crippen molar-refractivity contribution in [3.8, 4) is 0 Å². The highest BCUT2D eigenvalue weighted by molar-refractivity contribution is 5.73. The zero-order valence-electron chi connectivity index (χ0n) is 10.8. The Morgan fingerprint density at radius 3 is 2.56 bits per heavy atom. The van der Waals surface area contributed by atoms with Crippen molar-refractivity contribution in [1.29, 1.82) is 0 Å². The predicted octanol–water partition coefficient (Wildman–Crippen LogP) is 2.52. The van der Waals surface area contributed by atoms with Crippen LogP contribution in [0.15, 0.2) is 0 Å². The minimum atomic E-state index is -1.01. The first-order chi connectivity index (χ1) is 7.32. The molecule has 0 aliphatic heterocycles. The second-order valence-corrected chi connectivity index (χ2v) is 5.84. The zero-order valence-corrected chi connectivity index (χ0v) is 10.8. The van der Waals surface area contributed by atoms with E-state index in [0.29, 0.717) is 11.3 Å². The van der Waals surface area contributed by atoms with Gasteiger partial charge in [0.25, 0.3) is 0 Å². The average molecular weight is 228 g/mol. The molecule has 3 unspecified atom stereocenters. The Bertz CT molecular complexity index is 246. The van der Waals surface area contributed by atoms with Crippen molar-refractivity contribution in [2.24, 2.45) is 11.3 Å². The molecule has 1 aliphatic rings. The molecule has 0 aromatic carbocycles. The maximum atomic E-state index is 11.3. The SMILES string of the molecule is CC(O)C(=O)OC(C)C1CCCC(C)(C)C1. The predicted molar refractivity (Wildman–Crippen MR) is 63.0 cm³/mol. The molecule has 0 aromatic rings. The van der Waals surface area contributed by atoms with Crippen molar-refractivity contribution >= 4 is 5.97 Å². The number of rotatable bonds is 3. The molecule has 0 spiro atoms. The third kappa shape index (κ3) is 3.78. The summed E-state index contributed by atoms with van der Waals surface area (Å²) in [5.74, 6) is -0.0673. The Hall–Kier alpha value is -0.570. The minimum absolute atomic E-state index is 0.0818. The average Bonchev–Trinajstić information content (AvgIpc) is 2.15. The largest absolute Gasteiger partial charge is 0.460 e. The molecule has 0 bridgehead atoms. The Morgan fingerprint density at radius 1 is 1.44 bits per heavy atom. The van der Waals surface area contributed by atoms with E-state index >= 15 is 0 Å². The lowest BCUT2D eigenvalue weighted by atomic mass is 9.71. The summed E-state index contributed by atoms with van der Waals surface area (Å²) in [5, 5.41) is 9.10. The van der Waals surface area contributed by atoms with Crippen LogP contribution < -0.4 is 0 Å². The van der Waals surface area contributed by atoms with E-state index in [2.05, 4.69) is 13.8 Å². The lowest BCUT2D eigenvalue weighted by Crippen LogP contribution is -2.34. The first-order valence-corrected chi connectivity index (χ1v) is 6.20. The number of aliphatic hydroxyl groups excluding tert-OH is 1. The molecule has 0 aromatic heterocycles. The summed E-state index contributed by atoms with van der Waals surface area (Å²) in [6.07, 6.45) is 3.58. The van der Waals surface area contributed by atoms with Gasteiger partial charge in [0.1, 0.15) is 12.2 Å². The van der Waals surface area contributed by atoms with Crippen LogP contribution in [0.1, 0.15) is 53.4 Å². The molecule has 1 saturated carbocycles. The molecule has 94 valence electrons. The van der Waals surface area contributed by atoms with Crippen LogP contribution >= 0.6 is 0 Å². The van der Waals surface area contributed by atoms with Gasteiger partial charge in [0.2, 0.25) is 0 Å². The third-order valence-corrected chi connectivity index (χ3v) is 3.55. The molecule has 1 fully saturated rings. The molecule has 1 aliphatic carbocycles. The molecule has 16 heavy (non-hydrogen) atoms. The van der Waals surface area contributed by atoms with Crippen LogP contribution in [0.4, 0.5) is 0 Å². The Labute approximate surface area is 98.2 Å². The molecule has 0 amide bonds. The molecule has 1 rings (SSSR count). The summed E-state index contributed by atoms with van der Waals surface area (Å²) in [6, 6.07) is 0. The molecule has 0 saturated heterocycles. The van der Waals surface area contributed by atoms with Gasteiger partial charge >= 0.3 is 5.97 Å². The third-order valence-electron chi connectivity index (χ3n) is 3.55. The molecule has 1 N–H and O–H groups in total. The molecule has 3 atom stereocenters. The monoisotopic (exact) mass is 228 g/mol. The fraction of sp³-hybridized carbons (Fsp3) is 0.923. The van der Waals surface area contributed by atoms with E-state index in [-0.39, 0.29) is 6.10 Å². The van der Waals surface area contributed by atoms with E-state index < -0.39 is 12.1 Å². The lowest BCUT2D eigenvalue weighted by molar-refractivity contribution is -0.161. The van der Waals surface area contributed by atoms with Crippen molar-refractivity contribution in [3.63, 3.8) is 0 Å². The number of carbonyl (C=O) groups is 1. The summed E-state index contributed by atoms with van der Waals surface area (Å²) in [5.41, 5.74) is 0.356. The van der Waals surface area contributed by atoms with Crippen LogP contribution in [0.3, 0.4) is 0 Å². The summed E-state index contributed by atoms with van der Waals surface area (Å²) in [4.78, 5) is 11.3. The number of aliphatic hydroxyl groups is 1. The maximum Gasteiger partial charge on any atom is 0.334 e. The van der Waals surface area contributed by atoms with Gasteiger partial charge in [-0.1, -0.05) is 20.3 Å². The number of hydrogen-bond acceptors (Lipinski definition) is 3. The highest BCUT2D eigenvalue weighted by Gasteiger charge is 2.32. The van der Waals surface area contributed by atoms with Gasteiger partial charge in [-0.3, -0.25) is 0 Å². The summed E-state index contributed by atoms with van der Waals surface area (Å²) >= 11 is 0. The first-order valence-electron chi connectivity index (χ1n) is 6.20. The summed E-state index contributed by atoms with van der Waals surface area (Å²) < 4.78 is 5.26. The van der Waals surface area contributed by atoms with E-state index in [1.807, 2.05) is 6.92 Å². The van der Waals surface area contributed by atoms with Crippen LogP contribution in [0.25, 0.3) is 0 Å². The van der Waals surface area contributed by atoms with E-state index in [9.17, 15) is 4.79 Å². The molecule has 3 nitrogen and oxygen atoms in total. The van der Waals surface area contributed by atoms with Gasteiger partial charge in [0.05, 0.1) is 0 Å². The summed E-state index contributed by atoms with van der Waals surface area (Å²) in [7, 11) is 0. The van der Waals surface area contributed by atoms with Crippen LogP contribution in [-0.4, -0.2) is 23.3 Å². The van der Waals surface area contributed by atoms with Crippen molar-refractivity contribution in [3.05, 3.63) is 0 Å². The Balaban J connectivity index is 2.47. The highest BCUT2D eigenvalue weighted by Crippen LogP contribution is 2.40. The molecule has 0 heterocycles. The smallest absolute Gasteiger partial charge is 0.334 e. The molecule has 3 heteroatoms. The van der Waals surface area contributed by atoms with Gasteiger partial charge in [-0.25, -0.2) is 4.79 Å². The number of hydrogen-bond donors (Lipinski definition) is 1. The Morgan fingerprint density at radius 2 is 2.06 bits per heavy atom. The summed E-state index contributed by atoms with van der Waals surface area (Å²) in [6.45, 7) is 7.91. The van der Waals surface area contributed by atoms with Crippen LogP contribution in [0.5, 0.6) is 0 Å². The van der Waals surface area contributed by atoms with Crippen molar-refractivity contribution in [2.75, 3.05) is 0 Å². The van der Waals surface area contributed by atoms with E-state index in [1.165, 1.54) is 19.8 Å². The fourth-order valence-corrected chi connectivity index (χ4v) is 2.54. The van der Waals surface area contributed by atoms with E-state index in [1.54, 1.807) is 0 Å². The number of carbonyl (C=O) groups excluding carboxylic acids is 1. The fourth-order valence-electron chi connectivity index (χ4n) is 2.54. The number of ether oxygens (including phenoxy) is 1. The normalized spacial score (nSPS) is 28.2. The lowest BCUT2D eigenvalue weighted by Gasteiger charge is -2.37. The maximum absolute atomic E-state index is 11.3. The van der Waals surface area contributed by atoms with Crippen molar-refractivity contribution < 1.29 is 14.6 Å². The van der Waals surface area contributed by atoms with Gasteiger partial charge < -0.3 is 9.84 Å². The van der Waals surface area contributed by atoms with E-state index in [4.69, 9.17) is 9.84 Å². The molecular formula is C13H24O3. The van der Waals surface area contributed by atoms with Crippen molar-refractivity contribution in [1.82, 2.24) is 0 Å². The standard InChI is InChI=1S/C13H24O3/c1-9(14)12(15)16-10(2)11-6-5-7-13(3,4)8-11/h9-11,14H,5-8H2,1-4H3. The van der Waals surface area contributed by atoms with Crippen LogP contribution in [-0.2, 0) is 9.53 Å². The Kier molecular flexibility index (Phi) is 4.36. The topological polar surface area (TPSA) is 46.5 Å². The first kappa shape index (κ1) is 13.5. The van der Waals surface area contributed by atoms with Gasteiger partial charge in [-0.15, -0.1) is 0 Å².